The number of hydrogen-bond acceptors (Lipinski definition) is 3. The van der Waals surface area contributed by atoms with Crippen molar-refractivity contribution in [3.05, 3.63) is 46.0 Å². The van der Waals surface area contributed by atoms with Gasteiger partial charge in [-0.3, -0.25) is 9.48 Å². The molecule has 1 aromatic carbocycles. The maximum atomic E-state index is 12.0. The Balaban J connectivity index is 1.90. The van der Waals surface area contributed by atoms with Crippen LogP contribution >= 0.6 is 15.9 Å². The Kier molecular flexibility index (Phi) is 4.31. The van der Waals surface area contributed by atoms with Crippen molar-refractivity contribution < 1.29 is 4.79 Å². The second kappa shape index (κ2) is 5.97. The van der Waals surface area contributed by atoms with Crippen molar-refractivity contribution in [2.75, 3.05) is 6.54 Å². The molecule has 5 nitrogen and oxygen atoms in total. The summed E-state index contributed by atoms with van der Waals surface area (Å²) in [6, 6.07) is 5.66. The van der Waals surface area contributed by atoms with Crippen molar-refractivity contribution >= 4 is 21.8 Å². The highest BCUT2D eigenvalue weighted by Gasteiger charge is 2.09. The lowest BCUT2D eigenvalue weighted by molar-refractivity contribution is 0.0953. The number of hydrogen-bond donors (Lipinski definition) is 1. The fraction of sp³-hybridized carbons (Fsp3) is 0.308. The Bertz CT molecular complexity index is 594. The zero-order valence-corrected chi connectivity index (χ0v) is 12.4. The van der Waals surface area contributed by atoms with Gasteiger partial charge in [0.25, 0.3) is 5.91 Å². The Hall–Kier alpha value is -1.69. The molecule has 0 unspecified atom stereocenters. The molecule has 0 spiro atoms. The van der Waals surface area contributed by atoms with E-state index < -0.39 is 0 Å². The van der Waals surface area contributed by atoms with Crippen LogP contribution in [0.4, 0.5) is 0 Å². The summed E-state index contributed by atoms with van der Waals surface area (Å²) in [4.78, 5) is 16.1. The van der Waals surface area contributed by atoms with Gasteiger partial charge in [-0.05, 0) is 40.5 Å². The molecule has 0 saturated carbocycles. The Morgan fingerprint density at radius 1 is 1.47 bits per heavy atom. The first kappa shape index (κ1) is 13.7. The molecule has 1 N–H and O–H groups in total. The first-order chi connectivity index (χ1) is 9.06. The molecule has 0 bridgehead atoms. The van der Waals surface area contributed by atoms with Crippen LogP contribution in [-0.4, -0.2) is 27.2 Å². The second-order valence-corrected chi connectivity index (χ2v) is 5.18. The van der Waals surface area contributed by atoms with Crippen LogP contribution in [-0.2, 0) is 13.5 Å². The molecule has 19 heavy (non-hydrogen) atoms. The molecule has 2 rings (SSSR count). The van der Waals surface area contributed by atoms with Gasteiger partial charge in [-0.2, -0.15) is 5.10 Å². The number of benzene rings is 1. The fourth-order valence-corrected chi connectivity index (χ4v) is 2.36. The second-order valence-electron chi connectivity index (χ2n) is 4.32. The first-order valence-electron chi connectivity index (χ1n) is 5.95. The van der Waals surface area contributed by atoms with Gasteiger partial charge in [0.2, 0.25) is 0 Å². The first-order valence-corrected chi connectivity index (χ1v) is 6.74. The van der Waals surface area contributed by atoms with Gasteiger partial charge in [0.15, 0.2) is 5.82 Å². The summed E-state index contributed by atoms with van der Waals surface area (Å²) in [5, 5.41) is 7.01. The minimum absolute atomic E-state index is 0.0946. The zero-order chi connectivity index (χ0) is 13.8. The topological polar surface area (TPSA) is 59.8 Å². The van der Waals surface area contributed by atoms with Crippen molar-refractivity contribution in [1.29, 1.82) is 0 Å². The summed E-state index contributed by atoms with van der Waals surface area (Å²) in [6.07, 6.45) is 2.27. The molecule has 100 valence electrons. The van der Waals surface area contributed by atoms with Gasteiger partial charge in [0, 0.05) is 24.5 Å². The number of amides is 1. The van der Waals surface area contributed by atoms with E-state index in [1.807, 2.05) is 32.2 Å². The third kappa shape index (κ3) is 3.64. The van der Waals surface area contributed by atoms with Gasteiger partial charge >= 0.3 is 0 Å². The third-order valence-corrected chi connectivity index (χ3v) is 3.31. The van der Waals surface area contributed by atoms with E-state index in [1.54, 1.807) is 11.0 Å². The molecule has 0 aliphatic heterocycles. The number of carbonyl (C=O) groups is 1. The normalized spacial score (nSPS) is 10.5. The minimum Gasteiger partial charge on any atom is -0.352 e. The highest BCUT2D eigenvalue weighted by Crippen LogP contribution is 2.18. The standard InChI is InChI=1S/C13H15BrN4O/c1-9-3-4-10(11(14)7-9)13(19)15-6-5-12-16-8-18(2)17-12/h3-4,7-8H,5-6H2,1-2H3,(H,15,19). The van der Waals surface area contributed by atoms with Gasteiger partial charge in [0.1, 0.15) is 6.33 Å². The number of aryl methyl sites for hydroxylation is 2. The van der Waals surface area contributed by atoms with Gasteiger partial charge in [-0.25, -0.2) is 4.98 Å². The van der Waals surface area contributed by atoms with Gasteiger partial charge < -0.3 is 5.32 Å². The van der Waals surface area contributed by atoms with Crippen LogP contribution in [0.3, 0.4) is 0 Å². The van der Waals surface area contributed by atoms with Gasteiger partial charge in [-0.15, -0.1) is 0 Å². The Labute approximate surface area is 120 Å². The number of nitrogens with one attached hydrogen (secondary N) is 1. The van der Waals surface area contributed by atoms with E-state index in [-0.39, 0.29) is 5.91 Å². The lowest BCUT2D eigenvalue weighted by Gasteiger charge is -2.06. The number of halogens is 1. The Morgan fingerprint density at radius 2 is 2.26 bits per heavy atom. The van der Waals surface area contributed by atoms with E-state index in [0.717, 1.165) is 15.9 Å². The van der Waals surface area contributed by atoms with E-state index in [9.17, 15) is 4.79 Å². The van der Waals surface area contributed by atoms with E-state index in [0.29, 0.717) is 18.5 Å². The van der Waals surface area contributed by atoms with Crippen LogP contribution in [0.2, 0.25) is 0 Å². The molecule has 0 fully saturated rings. The monoisotopic (exact) mass is 322 g/mol. The summed E-state index contributed by atoms with van der Waals surface area (Å²) < 4.78 is 2.45. The highest BCUT2D eigenvalue weighted by atomic mass is 79.9. The quantitative estimate of drug-likeness (QED) is 0.934. The van der Waals surface area contributed by atoms with Crippen LogP contribution in [0.15, 0.2) is 29.0 Å². The fourth-order valence-electron chi connectivity index (χ4n) is 1.69. The molecule has 1 amide bonds. The summed E-state index contributed by atoms with van der Waals surface area (Å²) in [7, 11) is 1.82. The van der Waals surface area contributed by atoms with E-state index in [1.165, 1.54) is 0 Å². The van der Waals surface area contributed by atoms with Gasteiger partial charge in [0.05, 0.1) is 5.56 Å². The maximum absolute atomic E-state index is 12.0. The summed E-state index contributed by atoms with van der Waals surface area (Å²) in [6.45, 7) is 2.50. The predicted molar refractivity (Wildman–Crippen MR) is 75.9 cm³/mol. The number of aromatic nitrogens is 3. The van der Waals surface area contributed by atoms with Crippen molar-refractivity contribution in [2.45, 2.75) is 13.3 Å². The number of carbonyl (C=O) groups excluding carboxylic acids is 1. The van der Waals surface area contributed by atoms with Crippen molar-refractivity contribution in [1.82, 2.24) is 20.1 Å². The zero-order valence-electron chi connectivity index (χ0n) is 10.9. The van der Waals surface area contributed by atoms with Crippen LogP contribution in [0.1, 0.15) is 21.7 Å². The lowest BCUT2D eigenvalue weighted by atomic mass is 10.1. The SMILES string of the molecule is Cc1ccc(C(=O)NCCc2ncn(C)n2)c(Br)c1. The molecule has 0 aliphatic carbocycles. The van der Waals surface area contributed by atoms with E-state index in [2.05, 4.69) is 31.3 Å². The molecule has 0 radical (unpaired) electrons. The molecule has 0 aliphatic rings. The summed E-state index contributed by atoms with van der Waals surface area (Å²) in [5.41, 5.74) is 1.75. The average molecular weight is 323 g/mol. The largest absolute Gasteiger partial charge is 0.352 e. The maximum Gasteiger partial charge on any atom is 0.252 e. The molecule has 6 heteroatoms. The Morgan fingerprint density at radius 3 is 2.89 bits per heavy atom. The van der Waals surface area contributed by atoms with Crippen molar-refractivity contribution in [3.63, 3.8) is 0 Å². The molecule has 0 atom stereocenters. The number of nitrogens with zero attached hydrogens (tertiary/aromatic N) is 3. The summed E-state index contributed by atoms with van der Waals surface area (Å²) >= 11 is 3.40. The lowest BCUT2D eigenvalue weighted by Crippen LogP contribution is -2.26. The van der Waals surface area contributed by atoms with E-state index >= 15 is 0 Å². The van der Waals surface area contributed by atoms with E-state index in [4.69, 9.17) is 0 Å². The molecule has 1 heterocycles. The molecular formula is C13H15BrN4O. The van der Waals surface area contributed by atoms with Crippen LogP contribution in [0, 0.1) is 6.92 Å². The highest BCUT2D eigenvalue weighted by molar-refractivity contribution is 9.10. The summed E-state index contributed by atoms with van der Waals surface area (Å²) in [5.74, 6) is 0.633. The number of rotatable bonds is 4. The predicted octanol–water partition coefficient (Wildman–Crippen LogP) is 1.86. The minimum atomic E-state index is -0.0946. The van der Waals surface area contributed by atoms with Crippen molar-refractivity contribution in [2.24, 2.45) is 7.05 Å². The van der Waals surface area contributed by atoms with Crippen LogP contribution in [0.5, 0.6) is 0 Å². The molecular weight excluding hydrogens is 308 g/mol. The molecule has 0 saturated heterocycles. The third-order valence-electron chi connectivity index (χ3n) is 2.65. The van der Waals surface area contributed by atoms with Gasteiger partial charge in [-0.1, -0.05) is 6.07 Å². The molecule has 1 aromatic heterocycles. The van der Waals surface area contributed by atoms with Crippen LogP contribution < -0.4 is 5.32 Å². The van der Waals surface area contributed by atoms with Crippen LogP contribution in [0.25, 0.3) is 0 Å². The van der Waals surface area contributed by atoms with Crippen molar-refractivity contribution in [3.8, 4) is 0 Å². The smallest absolute Gasteiger partial charge is 0.252 e. The molecule has 2 aromatic rings. The average Bonchev–Trinajstić information content (AvgIpc) is 2.75.